The summed E-state index contributed by atoms with van der Waals surface area (Å²) in [7, 11) is 0. The van der Waals surface area contributed by atoms with E-state index in [9.17, 15) is 14.7 Å². The summed E-state index contributed by atoms with van der Waals surface area (Å²) in [6.07, 6.45) is 3.13. The molecule has 148 valence electrons. The van der Waals surface area contributed by atoms with Crippen molar-refractivity contribution in [3.8, 4) is 5.75 Å². The summed E-state index contributed by atoms with van der Waals surface area (Å²) in [6, 6.07) is 10.6. The molecule has 0 unspecified atom stereocenters. The zero-order chi connectivity index (χ0) is 19.9. The molecule has 0 bridgehead atoms. The highest BCUT2D eigenvalue weighted by Gasteiger charge is 2.30. The molecule has 1 aromatic heterocycles. The van der Waals surface area contributed by atoms with Gasteiger partial charge in [-0.15, -0.1) is 0 Å². The highest BCUT2D eigenvalue weighted by molar-refractivity contribution is 9.10. The third kappa shape index (κ3) is 5.53. The number of halogens is 1. The molecule has 0 saturated carbocycles. The third-order valence-electron chi connectivity index (χ3n) is 4.63. The molecule has 8 heteroatoms. The number of rotatable bonds is 6. The Kier molecular flexibility index (Phi) is 7.00. The summed E-state index contributed by atoms with van der Waals surface area (Å²) >= 11 is 3.34. The van der Waals surface area contributed by atoms with Gasteiger partial charge in [0.15, 0.2) is 6.10 Å². The number of anilines is 1. The Bertz CT molecular complexity index is 793. The number of pyridine rings is 1. The molecule has 1 aromatic carbocycles. The molecule has 2 amide bonds. The lowest BCUT2D eigenvalue weighted by Crippen LogP contribution is -2.47. The second-order valence-electron chi connectivity index (χ2n) is 6.61. The molecule has 1 aliphatic rings. The first-order chi connectivity index (χ1) is 13.5. The van der Waals surface area contributed by atoms with Gasteiger partial charge in [-0.2, -0.15) is 0 Å². The third-order valence-corrected chi connectivity index (χ3v) is 5.16. The Morgan fingerprint density at radius 2 is 1.82 bits per heavy atom. The number of amides is 2. The number of likely N-dealkylation sites (tertiary alicyclic amines) is 1. The topological polar surface area (TPSA) is 91.8 Å². The number of piperidine rings is 1. The second kappa shape index (κ2) is 9.66. The Hall–Kier alpha value is -2.45. The van der Waals surface area contributed by atoms with Crippen molar-refractivity contribution in [3.05, 3.63) is 53.3 Å². The number of carbonyl (C=O) groups is 2. The largest absolute Gasteiger partial charge is 0.490 e. The molecule has 1 aliphatic heterocycles. The van der Waals surface area contributed by atoms with E-state index in [1.807, 2.05) is 12.1 Å². The highest BCUT2D eigenvalue weighted by Crippen LogP contribution is 2.20. The fourth-order valence-corrected chi connectivity index (χ4v) is 3.29. The first-order valence-electron chi connectivity index (χ1n) is 9.09. The van der Waals surface area contributed by atoms with E-state index >= 15 is 0 Å². The lowest BCUT2D eigenvalue weighted by molar-refractivity contribution is -0.144. The molecule has 2 N–H and O–H groups in total. The lowest BCUT2D eigenvalue weighted by atomic mass is 9.95. The summed E-state index contributed by atoms with van der Waals surface area (Å²) in [6.45, 7) is 0.758. The average Bonchev–Trinajstić information content (AvgIpc) is 2.73. The van der Waals surface area contributed by atoms with Crippen LogP contribution in [0.15, 0.2) is 53.3 Å². The fraction of sp³-hybridized carbons (Fsp3) is 0.350. The van der Waals surface area contributed by atoms with Crippen LogP contribution < -0.4 is 10.1 Å². The Labute approximate surface area is 171 Å². The van der Waals surface area contributed by atoms with Crippen molar-refractivity contribution in [2.45, 2.75) is 18.9 Å². The van der Waals surface area contributed by atoms with Crippen LogP contribution in [-0.4, -0.2) is 52.6 Å². The van der Waals surface area contributed by atoms with Crippen molar-refractivity contribution in [3.63, 3.8) is 0 Å². The number of aliphatic hydroxyl groups is 1. The van der Waals surface area contributed by atoms with E-state index in [1.54, 1.807) is 41.6 Å². The van der Waals surface area contributed by atoms with Crippen LogP contribution in [-0.2, 0) is 9.59 Å². The standard InChI is InChI=1S/C20H22BrN3O4/c21-15-1-3-17(4-2-15)28-13-18(25)20(27)24-11-7-14(8-12-24)19(26)23-16-5-9-22-10-6-16/h1-6,9-10,14,18,25H,7-8,11-13H2,(H,22,23,26)/t18-/m1/s1. The number of aromatic nitrogens is 1. The quantitative estimate of drug-likeness (QED) is 0.709. The summed E-state index contributed by atoms with van der Waals surface area (Å²) < 4.78 is 6.40. The van der Waals surface area contributed by atoms with Gasteiger partial charge in [-0.3, -0.25) is 14.6 Å². The summed E-state index contributed by atoms with van der Waals surface area (Å²) in [5.41, 5.74) is 0.707. The number of carbonyl (C=O) groups excluding carboxylic acids is 2. The summed E-state index contributed by atoms with van der Waals surface area (Å²) in [5.74, 6) is -0.00237. The minimum Gasteiger partial charge on any atom is -0.490 e. The molecule has 1 fully saturated rings. The zero-order valence-corrected chi connectivity index (χ0v) is 16.8. The maximum Gasteiger partial charge on any atom is 0.254 e. The Morgan fingerprint density at radius 1 is 1.18 bits per heavy atom. The maximum atomic E-state index is 12.4. The van der Waals surface area contributed by atoms with E-state index in [1.165, 1.54) is 0 Å². The number of hydrogen-bond acceptors (Lipinski definition) is 5. The number of benzene rings is 1. The predicted molar refractivity (Wildman–Crippen MR) is 108 cm³/mol. The molecule has 1 saturated heterocycles. The van der Waals surface area contributed by atoms with Crippen molar-refractivity contribution >= 4 is 33.4 Å². The van der Waals surface area contributed by atoms with Gasteiger partial charge < -0.3 is 20.1 Å². The van der Waals surface area contributed by atoms with Crippen LogP contribution in [0.1, 0.15) is 12.8 Å². The Morgan fingerprint density at radius 3 is 2.46 bits per heavy atom. The molecule has 0 radical (unpaired) electrons. The van der Waals surface area contributed by atoms with Crippen LogP contribution in [0.3, 0.4) is 0 Å². The lowest BCUT2D eigenvalue weighted by Gasteiger charge is -2.32. The molecule has 2 aromatic rings. The molecule has 2 heterocycles. The van der Waals surface area contributed by atoms with Crippen LogP contribution >= 0.6 is 15.9 Å². The van der Waals surface area contributed by atoms with Gasteiger partial charge in [0.1, 0.15) is 12.4 Å². The Balaban J connectivity index is 1.43. The molecule has 7 nitrogen and oxygen atoms in total. The van der Waals surface area contributed by atoms with Gasteiger partial charge in [0.25, 0.3) is 5.91 Å². The van der Waals surface area contributed by atoms with Gasteiger partial charge in [-0.1, -0.05) is 15.9 Å². The molecule has 28 heavy (non-hydrogen) atoms. The van der Waals surface area contributed by atoms with Crippen LogP contribution in [0, 0.1) is 5.92 Å². The second-order valence-corrected chi connectivity index (χ2v) is 7.52. The summed E-state index contributed by atoms with van der Waals surface area (Å²) in [5, 5.41) is 13.0. The van der Waals surface area contributed by atoms with Crippen molar-refractivity contribution < 1.29 is 19.4 Å². The number of nitrogens with one attached hydrogen (secondary N) is 1. The molecule has 1 atom stereocenters. The van der Waals surface area contributed by atoms with E-state index in [-0.39, 0.29) is 24.3 Å². The van der Waals surface area contributed by atoms with Gasteiger partial charge in [0.05, 0.1) is 0 Å². The van der Waals surface area contributed by atoms with Gasteiger partial charge >= 0.3 is 0 Å². The molecular formula is C20H22BrN3O4. The normalized spacial score (nSPS) is 15.7. The van der Waals surface area contributed by atoms with E-state index in [2.05, 4.69) is 26.2 Å². The van der Waals surface area contributed by atoms with Crippen molar-refractivity contribution in [1.82, 2.24) is 9.88 Å². The van der Waals surface area contributed by atoms with Gasteiger partial charge in [0.2, 0.25) is 5.91 Å². The van der Waals surface area contributed by atoms with E-state index in [0.717, 1.165) is 4.47 Å². The van der Waals surface area contributed by atoms with Gasteiger partial charge in [0, 0.05) is 41.6 Å². The van der Waals surface area contributed by atoms with E-state index < -0.39 is 6.10 Å². The molecule has 3 rings (SSSR count). The van der Waals surface area contributed by atoms with Crippen LogP contribution in [0.4, 0.5) is 5.69 Å². The highest BCUT2D eigenvalue weighted by atomic mass is 79.9. The molecule has 0 spiro atoms. The van der Waals surface area contributed by atoms with E-state index in [0.29, 0.717) is 37.4 Å². The van der Waals surface area contributed by atoms with Crippen LogP contribution in [0.5, 0.6) is 5.75 Å². The molecule has 0 aliphatic carbocycles. The van der Waals surface area contributed by atoms with Crippen molar-refractivity contribution in [2.75, 3.05) is 25.0 Å². The van der Waals surface area contributed by atoms with Gasteiger partial charge in [-0.05, 0) is 49.2 Å². The number of nitrogens with zero attached hydrogens (tertiary/aromatic N) is 2. The average molecular weight is 448 g/mol. The first-order valence-corrected chi connectivity index (χ1v) is 9.88. The SMILES string of the molecule is O=C(Nc1ccncc1)C1CCN(C(=O)[C@H](O)COc2ccc(Br)cc2)CC1. The molecular weight excluding hydrogens is 426 g/mol. The zero-order valence-electron chi connectivity index (χ0n) is 15.3. The summed E-state index contributed by atoms with van der Waals surface area (Å²) in [4.78, 5) is 30.3. The maximum absolute atomic E-state index is 12.4. The first kappa shape index (κ1) is 20.3. The number of hydrogen-bond donors (Lipinski definition) is 2. The number of aliphatic hydroxyl groups excluding tert-OH is 1. The minimum atomic E-state index is -1.23. The van der Waals surface area contributed by atoms with Gasteiger partial charge in [-0.25, -0.2) is 0 Å². The fourth-order valence-electron chi connectivity index (χ4n) is 3.03. The minimum absolute atomic E-state index is 0.0579. The predicted octanol–water partition coefficient (Wildman–Crippen LogP) is 2.46. The van der Waals surface area contributed by atoms with Crippen molar-refractivity contribution in [2.24, 2.45) is 5.92 Å². The smallest absolute Gasteiger partial charge is 0.254 e. The van der Waals surface area contributed by atoms with E-state index in [4.69, 9.17) is 4.74 Å². The monoisotopic (exact) mass is 447 g/mol. The van der Waals surface area contributed by atoms with Crippen LogP contribution in [0.25, 0.3) is 0 Å². The van der Waals surface area contributed by atoms with Crippen LogP contribution in [0.2, 0.25) is 0 Å². The number of ether oxygens (including phenoxy) is 1. The van der Waals surface area contributed by atoms with Crippen molar-refractivity contribution in [1.29, 1.82) is 0 Å².